The predicted octanol–water partition coefficient (Wildman–Crippen LogP) is 8.92. The van der Waals surface area contributed by atoms with Gasteiger partial charge in [-0.25, -0.2) is 4.98 Å². The van der Waals surface area contributed by atoms with Gasteiger partial charge < -0.3 is 10.3 Å². The quantitative estimate of drug-likeness (QED) is 0.132. The smallest absolute Gasteiger partial charge is 0.256 e. The standard InChI is InChI=1S/C36H23Cl2N3O3/c37-26-15-10-22(30(38)21-26)14-19-33(42)23-11-16-27(17-12-23)39-36(44)29-9-5-4-8-28(29)35-40-31-18-13-25(20-32(31)41-35)34(43)24-6-2-1-3-7-24/h1-21H,(H,39,44)(H,40,41)/b19-14+. The minimum Gasteiger partial charge on any atom is -0.338 e. The van der Waals surface area contributed by atoms with Gasteiger partial charge in [0.1, 0.15) is 5.82 Å². The highest BCUT2D eigenvalue weighted by Gasteiger charge is 2.17. The maximum absolute atomic E-state index is 13.4. The highest BCUT2D eigenvalue weighted by Crippen LogP contribution is 2.27. The van der Waals surface area contributed by atoms with Crippen LogP contribution in [0.25, 0.3) is 28.5 Å². The van der Waals surface area contributed by atoms with Crippen molar-refractivity contribution < 1.29 is 14.4 Å². The van der Waals surface area contributed by atoms with Gasteiger partial charge in [-0.15, -0.1) is 0 Å². The zero-order valence-corrected chi connectivity index (χ0v) is 24.6. The number of hydrogen-bond acceptors (Lipinski definition) is 4. The van der Waals surface area contributed by atoms with Gasteiger partial charge in [0.05, 0.1) is 16.6 Å². The van der Waals surface area contributed by atoms with E-state index in [4.69, 9.17) is 28.2 Å². The van der Waals surface area contributed by atoms with Crippen LogP contribution in [0.5, 0.6) is 0 Å². The minimum atomic E-state index is -0.336. The number of fused-ring (bicyclic) bond motifs is 1. The summed E-state index contributed by atoms with van der Waals surface area (Å²) in [4.78, 5) is 46.9. The van der Waals surface area contributed by atoms with E-state index in [-0.39, 0.29) is 17.5 Å². The van der Waals surface area contributed by atoms with E-state index in [1.807, 2.05) is 36.4 Å². The predicted molar refractivity (Wildman–Crippen MR) is 176 cm³/mol. The number of nitrogens with one attached hydrogen (secondary N) is 2. The first kappa shape index (κ1) is 28.8. The van der Waals surface area contributed by atoms with Crippen molar-refractivity contribution in [2.75, 3.05) is 5.32 Å². The fourth-order valence-corrected chi connectivity index (χ4v) is 5.20. The van der Waals surface area contributed by atoms with Crippen LogP contribution in [-0.4, -0.2) is 27.4 Å². The highest BCUT2D eigenvalue weighted by molar-refractivity contribution is 6.35. The van der Waals surface area contributed by atoms with Crippen LogP contribution in [-0.2, 0) is 0 Å². The van der Waals surface area contributed by atoms with E-state index in [9.17, 15) is 14.4 Å². The van der Waals surface area contributed by atoms with Crippen molar-refractivity contribution in [2.24, 2.45) is 0 Å². The Morgan fingerprint density at radius 2 is 1.45 bits per heavy atom. The third-order valence-corrected chi connectivity index (χ3v) is 7.57. The highest BCUT2D eigenvalue weighted by atomic mass is 35.5. The molecule has 0 atom stereocenters. The van der Waals surface area contributed by atoms with Crippen LogP contribution >= 0.6 is 23.2 Å². The van der Waals surface area contributed by atoms with E-state index in [0.717, 1.165) is 5.52 Å². The second-order valence-electron chi connectivity index (χ2n) is 9.95. The summed E-state index contributed by atoms with van der Waals surface area (Å²) >= 11 is 12.1. The van der Waals surface area contributed by atoms with Crippen molar-refractivity contribution >= 4 is 63.5 Å². The number of hydrogen-bond donors (Lipinski definition) is 2. The summed E-state index contributed by atoms with van der Waals surface area (Å²) in [6.45, 7) is 0. The van der Waals surface area contributed by atoms with E-state index < -0.39 is 0 Å². The Morgan fingerprint density at radius 1 is 0.727 bits per heavy atom. The topological polar surface area (TPSA) is 91.9 Å². The molecule has 0 bridgehead atoms. The van der Waals surface area contributed by atoms with Crippen LogP contribution in [0.3, 0.4) is 0 Å². The first-order valence-electron chi connectivity index (χ1n) is 13.6. The first-order chi connectivity index (χ1) is 21.4. The number of carbonyl (C=O) groups excluding carboxylic acids is 3. The molecular weight excluding hydrogens is 593 g/mol. The second kappa shape index (κ2) is 12.5. The molecule has 0 fully saturated rings. The van der Waals surface area contributed by atoms with E-state index in [0.29, 0.717) is 60.5 Å². The average molecular weight is 617 g/mol. The van der Waals surface area contributed by atoms with Crippen LogP contribution in [0, 0.1) is 0 Å². The van der Waals surface area contributed by atoms with Gasteiger partial charge in [-0.1, -0.05) is 77.8 Å². The largest absolute Gasteiger partial charge is 0.338 e. The van der Waals surface area contributed by atoms with E-state index >= 15 is 0 Å². The average Bonchev–Trinajstić information content (AvgIpc) is 3.48. The molecule has 0 saturated heterocycles. The number of halogens is 2. The SMILES string of the molecule is O=C(/C=C/c1ccc(Cl)cc1Cl)c1ccc(NC(=O)c2ccccc2-c2nc3cc(C(=O)c4ccccc4)ccc3[nH]2)cc1. The number of anilines is 1. The Balaban J connectivity index is 1.18. The van der Waals surface area contributed by atoms with Crippen LogP contribution in [0.1, 0.15) is 42.2 Å². The van der Waals surface area contributed by atoms with Crippen molar-refractivity contribution in [3.63, 3.8) is 0 Å². The molecule has 2 N–H and O–H groups in total. The number of imidazole rings is 1. The van der Waals surface area contributed by atoms with Gasteiger partial charge in [0.15, 0.2) is 11.6 Å². The summed E-state index contributed by atoms with van der Waals surface area (Å²) in [7, 11) is 0. The molecule has 0 saturated carbocycles. The summed E-state index contributed by atoms with van der Waals surface area (Å²) in [5, 5.41) is 3.86. The molecule has 1 heterocycles. The lowest BCUT2D eigenvalue weighted by molar-refractivity contribution is 0.102. The van der Waals surface area contributed by atoms with Crippen LogP contribution in [0.2, 0.25) is 10.0 Å². The molecule has 0 radical (unpaired) electrons. The molecule has 0 spiro atoms. The van der Waals surface area contributed by atoms with Gasteiger partial charge in [0.2, 0.25) is 0 Å². The fourth-order valence-electron chi connectivity index (χ4n) is 4.73. The molecule has 0 aliphatic carbocycles. The van der Waals surface area contributed by atoms with Gasteiger partial charge in [-0.2, -0.15) is 0 Å². The first-order valence-corrected chi connectivity index (χ1v) is 14.4. The third-order valence-electron chi connectivity index (χ3n) is 7.01. The van der Waals surface area contributed by atoms with Crippen molar-refractivity contribution in [1.29, 1.82) is 0 Å². The van der Waals surface area contributed by atoms with Gasteiger partial charge in [-0.05, 0) is 78.4 Å². The maximum atomic E-state index is 13.4. The number of allylic oxidation sites excluding steroid dienone is 1. The molecule has 1 amide bonds. The van der Waals surface area contributed by atoms with E-state index in [1.165, 1.54) is 6.08 Å². The summed E-state index contributed by atoms with van der Waals surface area (Å²) < 4.78 is 0. The number of ketones is 2. The molecular formula is C36H23Cl2N3O3. The lowest BCUT2D eigenvalue weighted by Crippen LogP contribution is -2.13. The molecule has 44 heavy (non-hydrogen) atoms. The van der Waals surface area contributed by atoms with Crippen molar-refractivity contribution in [1.82, 2.24) is 9.97 Å². The minimum absolute atomic E-state index is 0.0912. The Morgan fingerprint density at radius 3 is 2.23 bits per heavy atom. The molecule has 0 unspecified atom stereocenters. The second-order valence-corrected chi connectivity index (χ2v) is 10.8. The fraction of sp³-hybridized carbons (Fsp3) is 0. The number of nitrogens with zero attached hydrogens (tertiary/aromatic N) is 1. The third kappa shape index (κ3) is 6.22. The normalized spacial score (nSPS) is 11.1. The lowest BCUT2D eigenvalue weighted by atomic mass is 10.0. The van der Waals surface area contributed by atoms with Crippen LogP contribution in [0.15, 0.2) is 121 Å². The Labute approximate surface area is 263 Å². The zero-order valence-electron chi connectivity index (χ0n) is 23.1. The number of benzene rings is 5. The van der Waals surface area contributed by atoms with Gasteiger partial charge in [0.25, 0.3) is 5.91 Å². The monoisotopic (exact) mass is 615 g/mol. The van der Waals surface area contributed by atoms with Crippen LogP contribution in [0.4, 0.5) is 5.69 Å². The summed E-state index contributed by atoms with van der Waals surface area (Å²) in [6, 6.07) is 33.2. The summed E-state index contributed by atoms with van der Waals surface area (Å²) in [6.07, 6.45) is 3.07. The van der Waals surface area contributed by atoms with E-state index in [2.05, 4.69) is 10.3 Å². The molecule has 0 aliphatic heterocycles. The zero-order chi connectivity index (χ0) is 30.6. The van der Waals surface area contributed by atoms with E-state index in [1.54, 1.807) is 84.9 Å². The number of carbonyl (C=O) groups is 3. The number of aromatic amines is 1. The van der Waals surface area contributed by atoms with Crippen molar-refractivity contribution in [3.8, 4) is 11.4 Å². The molecule has 0 aliphatic rings. The molecule has 214 valence electrons. The molecule has 6 rings (SSSR count). The maximum Gasteiger partial charge on any atom is 0.256 e. The summed E-state index contributed by atoms with van der Waals surface area (Å²) in [5.74, 6) is -0.134. The Bertz CT molecular complexity index is 2070. The molecule has 5 aromatic carbocycles. The van der Waals surface area contributed by atoms with Gasteiger partial charge in [-0.3, -0.25) is 14.4 Å². The summed E-state index contributed by atoms with van der Waals surface area (Å²) in [5.41, 5.74) is 5.16. The van der Waals surface area contributed by atoms with Gasteiger partial charge >= 0.3 is 0 Å². The van der Waals surface area contributed by atoms with Crippen molar-refractivity contribution in [2.45, 2.75) is 0 Å². The van der Waals surface area contributed by atoms with Gasteiger partial charge in [0, 0.05) is 38.0 Å². The molecule has 1 aromatic heterocycles. The number of rotatable bonds is 8. The number of amides is 1. The van der Waals surface area contributed by atoms with Crippen molar-refractivity contribution in [3.05, 3.63) is 159 Å². The molecule has 6 aromatic rings. The Hall–Kier alpha value is -5.30. The van der Waals surface area contributed by atoms with Crippen LogP contribution < -0.4 is 5.32 Å². The lowest BCUT2D eigenvalue weighted by Gasteiger charge is -2.09. The molecule has 6 nitrogen and oxygen atoms in total. The number of aromatic nitrogens is 2. The molecule has 8 heteroatoms. The Kier molecular flexibility index (Phi) is 8.19. The number of H-pyrrole nitrogens is 1.